The number of aryl methyl sites for hydroxylation is 2. The number of allylic oxidation sites excluding steroid dienone is 2. The zero-order valence-corrected chi connectivity index (χ0v) is 35.5. The predicted octanol–water partition coefficient (Wildman–Crippen LogP) is 16.7. The van der Waals surface area contributed by atoms with Crippen molar-refractivity contribution in [3.8, 4) is 33.4 Å². The van der Waals surface area contributed by atoms with Crippen molar-refractivity contribution in [1.82, 2.24) is 4.40 Å². The molecule has 13 rings (SSSR count). The highest BCUT2D eigenvalue weighted by atomic mass is 15.1. The average molecular weight is 805 g/mol. The molecule has 0 fully saturated rings. The molecule has 2 aliphatic carbocycles. The minimum atomic E-state index is 0.988. The Morgan fingerprint density at radius 1 is 0.524 bits per heavy atom. The molecule has 0 atom stereocenters. The van der Waals surface area contributed by atoms with E-state index < -0.39 is 0 Å². The summed E-state index contributed by atoms with van der Waals surface area (Å²) in [6.07, 6.45) is 12.3. The molecule has 0 unspecified atom stereocenters. The molecule has 11 aromatic rings. The van der Waals surface area contributed by atoms with Crippen molar-refractivity contribution in [2.45, 2.75) is 33.1 Å². The van der Waals surface area contributed by atoms with Gasteiger partial charge in [-0.2, -0.15) is 0 Å². The summed E-state index contributed by atoms with van der Waals surface area (Å²) in [7, 11) is 0. The summed E-state index contributed by atoms with van der Waals surface area (Å²) in [5.74, 6) is 0. The first kappa shape index (κ1) is 36.0. The van der Waals surface area contributed by atoms with E-state index in [9.17, 15) is 0 Å². The molecule has 9 aromatic carbocycles. The molecule has 2 heteroatoms. The summed E-state index contributed by atoms with van der Waals surface area (Å²) < 4.78 is 2.55. The molecule has 0 N–H and O–H groups in total. The molecule has 2 nitrogen and oxygen atoms in total. The van der Waals surface area contributed by atoms with E-state index in [0.717, 1.165) is 36.3 Å². The molecule has 0 saturated heterocycles. The van der Waals surface area contributed by atoms with Gasteiger partial charge in [0.25, 0.3) is 0 Å². The van der Waals surface area contributed by atoms with Crippen LogP contribution < -0.4 is 4.90 Å². The van der Waals surface area contributed by atoms with E-state index in [2.05, 4.69) is 217 Å². The van der Waals surface area contributed by atoms with E-state index in [1.165, 1.54) is 116 Å². The number of hydrogen-bond donors (Lipinski definition) is 0. The summed E-state index contributed by atoms with van der Waals surface area (Å²) in [6, 6.07) is 63.7. The third kappa shape index (κ3) is 5.31. The molecule has 2 aliphatic rings. The van der Waals surface area contributed by atoms with Crippen LogP contribution in [-0.4, -0.2) is 4.40 Å². The van der Waals surface area contributed by atoms with Gasteiger partial charge in [0.15, 0.2) is 0 Å². The van der Waals surface area contributed by atoms with E-state index in [1.54, 1.807) is 0 Å². The molecule has 0 radical (unpaired) electrons. The van der Waals surface area contributed by atoms with Crippen LogP contribution in [0.3, 0.4) is 0 Å². The molecule has 2 aromatic heterocycles. The first-order chi connectivity index (χ1) is 31.1. The van der Waals surface area contributed by atoms with E-state index in [0.29, 0.717) is 0 Å². The molecule has 2 heterocycles. The minimum absolute atomic E-state index is 0.988. The maximum atomic E-state index is 2.55. The van der Waals surface area contributed by atoms with Gasteiger partial charge in [0, 0.05) is 50.3 Å². The second kappa shape index (κ2) is 13.9. The quantitative estimate of drug-likeness (QED) is 0.152. The largest absolute Gasteiger partial charge is 0.316 e. The smallest absolute Gasteiger partial charge is 0.0619 e. The number of fused-ring (bicyclic) bond motifs is 12. The van der Waals surface area contributed by atoms with Crippen molar-refractivity contribution in [2.75, 3.05) is 4.90 Å². The van der Waals surface area contributed by atoms with Crippen molar-refractivity contribution < 1.29 is 0 Å². The van der Waals surface area contributed by atoms with E-state index in [-0.39, 0.29) is 0 Å². The highest BCUT2D eigenvalue weighted by molar-refractivity contribution is 6.26. The highest BCUT2D eigenvalue weighted by Gasteiger charge is 2.26. The highest BCUT2D eigenvalue weighted by Crippen LogP contribution is 2.47. The first-order valence-electron chi connectivity index (χ1n) is 22.4. The summed E-state index contributed by atoms with van der Waals surface area (Å²) in [5, 5.41) is 10.4. The number of rotatable bonds is 6. The van der Waals surface area contributed by atoms with E-state index in [1.807, 2.05) is 0 Å². The predicted molar refractivity (Wildman–Crippen MR) is 269 cm³/mol. The average Bonchev–Trinajstić information content (AvgIpc) is 3.99. The van der Waals surface area contributed by atoms with Gasteiger partial charge in [-0.1, -0.05) is 158 Å². The lowest BCUT2D eigenvalue weighted by Gasteiger charge is -2.27. The van der Waals surface area contributed by atoms with Crippen molar-refractivity contribution in [3.63, 3.8) is 0 Å². The molecular formula is C61H44N2. The Balaban J connectivity index is 0.977. The Labute approximate surface area is 367 Å². The minimum Gasteiger partial charge on any atom is -0.316 e. The first-order valence-corrected chi connectivity index (χ1v) is 22.4. The van der Waals surface area contributed by atoms with Gasteiger partial charge in [-0.15, -0.1) is 0 Å². The second-order valence-corrected chi connectivity index (χ2v) is 17.4. The SMILES string of the molecule is C/C=C\c1c(C)n2c3c(c4c(-c5ccc(N(c6ccc(-c7cccc8c7-c7ccccc7C8)cc6)c6ccc7c8ccccc8c8ccccc8c7c6)cc5)ccc1c42)C=CCC3. The molecule has 0 aliphatic heterocycles. The van der Waals surface area contributed by atoms with Crippen LogP contribution in [0.5, 0.6) is 0 Å². The van der Waals surface area contributed by atoms with E-state index >= 15 is 0 Å². The fourth-order valence-electron chi connectivity index (χ4n) is 11.4. The van der Waals surface area contributed by atoms with Crippen LogP contribution >= 0.6 is 0 Å². The van der Waals surface area contributed by atoms with Crippen molar-refractivity contribution in [3.05, 3.63) is 216 Å². The Kier molecular flexibility index (Phi) is 7.96. The van der Waals surface area contributed by atoms with Crippen LogP contribution in [0, 0.1) is 6.92 Å². The Bertz CT molecular complexity index is 3670. The molecule has 0 saturated carbocycles. The standard InChI is InChI=1S/C61H44N2/c1-3-13-46-38(2)62-58-23-11-10-21-56(58)60-49(34-35-55(46)61(60)62)40-26-30-44(31-27-40)63(45-32-33-54-52-19-7-6-17-50(52)51-18-8-9-20-53(51)57(54)37-45)43-28-24-39(25-29-43)47-22-12-15-42-36-41-14-4-5-16-48(41)59(42)47/h3-10,12-22,24-35,37H,11,23,36H2,1-2H3/b13-3-. The number of anilines is 3. The maximum Gasteiger partial charge on any atom is 0.0619 e. The number of benzene rings is 9. The summed E-state index contributed by atoms with van der Waals surface area (Å²) in [6.45, 7) is 4.40. The fraction of sp³-hybridized carbons (Fsp3) is 0.0820. The van der Waals surface area contributed by atoms with Crippen LogP contribution in [0.2, 0.25) is 0 Å². The van der Waals surface area contributed by atoms with Crippen molar-refractivity contribution >= 4 is 77.8 Å². The van der Waals surface area contributed by atoms with Crippen LogP contribution in [0.25, 0.3) is 94.1 Å². The molecule has 0 amide bonds. The lowest BCUT2D eigenvalue weighted by Crippen LogP contribution is -2.10. The van der Waals surface area contributed by atoms with Crippen LogP contribution in [-0.2, 0) is 12.8 Å². The summed E-state index contributed by atoms with van der Waals surface area (Å²) in [4.78, 5) is 2.44. The zero-order chi connectivity index (χ0) is 41.8. The van der Waals surface area contributed by atoms with Gasteiger partial charge in [-0.25, -0.2) is 0 Å². The monoisotopic (exact) mass is 804 g/mol. The molecule has 63 heavy (non-hydrogen) atoms. The molecule has 0 bridgehead atoms. The van der Waals surface area contributed by atoms with Crippen molar-refractivity contribution in [1.29, 1.82) is 0 Å². The normalized spacial score (nSPS) is 13.2. The third-order valence-corrected chi connectivity index (χ3v) is 14.1. The fourth-order valence-corrected chi connectivity index (χ4v) is 11.4. The Morgan fingerprint density at radius 3 is 1.83 bits per heavy atom. The lowest BCUT2D eigenvalue weighted by molar-refractivity contribution is 0.897. The summed E-state index contributed by atoms with van der Waals surface area (Å²) >= 11 is 0. The van der Waals surface area contributed by atoms with Gasteiger partial charge in [0.2, 0.25) is 0 Å². The number of hydrogen-bond acceptors (Lipinski definition) is 1. The number of aromatic nitrogens is 1. The topological polar surface area (TPSA) is 7.65 Å². The van der Waals surface area contributed by atoms with Gasteiger partial charge >= 0.3 is 0 Å². The maximum absolute atomic E-state index is 2.55. The third-order valence-electron chi connectivity index (χ3n) is 14.1. The zero-order valence-electron chi connectivity index (χ0n) is 35.5. The van der Waals surface area contributed by atoms with Gasteiger partial charge < -0.3 is 9.30 Å². The van der Waals surface area contributed by atoms with Crippen molar-refractivity contribution in [2.24, 2.45) is 0 Å². The number of nitrogens with zero attached hydrogens (tertiary/aromatic N) is 2. The van der Waals surface area contributed by atoms with E-state index in [4.69, 9.17) is 0 Å². The Hall–Kier alpha value is -7.68. The molecule has 298 valence electrons. The van der Waals surface area contributed by atoms with Crippen LogP contribution in [0.15, 0.2) is 182 Å². The van der Waals surface area contributed by atoms with Crippen LogP contribution in [0.1, 0.15) is 47.0 Å². The molecule has 0 spiro atoms. The van der Waals surface area contributed by atoms with Gasteiger partial charge in [0.1, 0.15) is 0 Å². The summed E-state index contributed by atoms with van der Waals surface area (Å²) in [5.41, 5.74) is 20.8. The van der Waals surface area contributed by atoms with Gasteiger partial charge in [-0.3, -0.25) is 0 Å². The molecular weight excluding hydrogens is 761 g/mol. The van der Waals surface area contributed by atoms with Gasteiger partial charge in [0.05, 0.1) is 5.52 Å². The second-order valence-electron chi connectivity index (χ2n) is 17.4. The lowest BCUT2D eigenvalue weighted by atomic mass is 9.93. The Morgan fingerprint density at radius 2 is 1.11 bits per heavy atom. The van der Waals surface area contributed by atoms with Gasteiger partial charge in [-0.05, 0) is 146 Å². The van der Waals surface area contributed by atoms with Crippen LogP contribution in [0.4, 0.5) is 17.1 Å².